The van der Waals surface area contributed by atoms with Crippen molar-refractivity contribution in [3.05, 3.63) is 65.7 Å². The molecule has 126 valence electrons. The summed E-state index contributed by atoms with van der Waals surface area (Å²) in [5.74, 6) is 1.000. The second kappa shape index (κ2) is 10.5. The molecule has 0 bridgehead atoms. The van der Waals surface area contributed by atoms with E-state index in [1.807, 2.05) is 24.3 Å². The van der Waals surface area contributed by atoms with Crippen LogP contribution in [0.4, 0.5) is 0 Å². The molecular weight excluding hydrogens is 331 g/mol. The molecule has 0 spiro atoms. The lowest BCUT2D eigenvalue weighted by molar-refractivity contribution is 0.226. The Bertz CT molecular complexity index is 560. The first-order valence-electron chi connectivity index (χ1n) is 7.59. The molecular formula is C18H24Cl2N2O. The van der Waals surface area contributed by atoms with Crippen molar-refractivity contribution < 1.29 is 4.74 Å². The number of nitrogens with zero attached hydrogens (tertiary/aromatic N) is 1. The summed E-state index contributed by atoms with van der Waals surface area (Å²) in [5.41, 5.74) is 2.48. The molecule has 1 heterocycles. The number of hydrogen-bond donors (Lipinski definition) is 1. The van der Waals surface area contributed by atoms with Gasteiger partial charge in [-0.05, 0) is 11.6 Å². The first-order valence-corrected chi connectivity index (χ1v) is 7.59. The predicted molar refractivity (Wildman–Crippen MR) is 99.9 cm³/mol. The topological polar surface area (TPSA) is 24.5 Å². The van der Waals surface area contributed by atoms with E-state index in [0.717, 1.165) is 38.5 Å². The molecule has 2 aromatic carbocycles. The minimum Gasteiger partial charge on any atom is -0.489 e. The molecule has 0 aliphatic carbocycles. The third-order valence-corrected chi connectivity index (χ3v) is 3.81. The fraction of sp³-hybridized carbons (Fsp3) is 0.333. The molecule has 0 saturated carbocycles. The highest BCUT2D eigenvalue weighted by molar-refractivity contribution is 5.85. The van der Waals surface area contributed by atoms with Gasteiger partial charge < -0.3 is 10.1 Å². The van der Waals surface area contributed by atoms with Gasteiger partial charge in [-0.15, -0.1) is 24.8 Å². The van der Waals surface area contributed by atoms with Crippen LogP contribution in [0.15, 0.2) is 54.6 Å². The van der Waals surface area contributed by atoms with E-state index in [9.17, 15) is 0 Å². The van der Waals surface area contributed by atoms with Gasteiger partial charge in [0.05, 0.1) is 0 Å². The highest BCUT2D eigenvalue weighted by Gasteiger charge is 2.12. The lowest BCUT2D eigenvalue weighted by Crippen LogP contribution is -2.42. The van der Waals surface area contributed by atoms with E-state index in [4.69, 9.17) is 4.74 Å². The first kappa shape index (κ1) is 19.8. The summed E-state index contributed by atoms with van der Waals surface area (Å²) in [6.07, 6.45) is 0. The Labute approximate surface area is 150 Å². The number of nitrogens with one attached hydrogen (secondary N) is 1. The predicted octanol–water partition coefficient (Wildman–Crippen LogP) is 3.51. The highest BCUT2D eigenvalue weighted by atomic mass is 35.5. The largest absolute Gasteiger partial charge is 0.489 e. The molecule has 0 aromatic heterocycles. The van der Waals surface area contributed by atoms with Crippen LogP contribution in [0.5, 0.6) is 5.75 Å². The molecule has 3 rings (SSSR count). The molecule has 0 amide bonds. The van der Waals surface area contributed by atoms with Gasteiger partial charge >= 0.3 is 0 Å². The lowest BCUT2D eigenvalue weighted by Gasteiger charge is -2.27. The van der Waals surface area contributed by atoms with E-state index < -0.39 is 0 Å². The highest BCUT2D eigenvalue weighted by Crippen LogP contribution is 2.21. The Balaban J connectivity index is 0.00000132. The Kier molecular flexibility index (Phi) is 9.03. The summed E-state index contributed by atoms with van der Waals surface area (Å²) in [7, 11) is 0. The Morgan fingerprint density at radius 1 is 0.870 bits per heavy atom. The van der Waals surface area contributed by atoms with Crippen LogP contribution in [0.25, 0.3) is 0 Å². The average molecular weight is 355 g/mol. The van der Waals surface area contributed by atoms with Gasteiger partial charge in [0, 0.05) is 38.3 Å². The summed E-state index contributed by atoms with van der Waals surface area (Å²) >= 11 is 0. The van der Waals surface area contributed by atoms with Crippen molar-refractivity contribution in [3.63, 3.8) is 0 Å². The van der Waals surface area contributed by atoms with Crippen molar-refractivity contribution in [3.8, 4) is 5.75 Å². The van der Waals surface area contributed by atoms with Crippen molar-refractivity contribution in [1.82, 2.24) is 10.2 Å². The molecule has 1 aliphatic rings. The average Bonchev–Trinajstić information content (AvgIpc) is 2.56. The minimum atomic E-state index is 0. The number of para-hydroxylation sites is 1. The maximum Gasteiger partial charge on any atom is 0.124 e. The number of halogens is 2. The maximum absolute atomic E-state index is 6.02. The lowest BCUT2D eigenvalue weighted by atomic mass is 10.1. The van der Waals surface area contributed by atoms with Crippen LogP contribution in [0.2, 0.25) is 0 Å². The first-order chi connectivity index (χ1) is 10.4. The maximum atomic E-state index is 6.02. The molecule has 0 unspecified atom stereocenters. The van der Waals surface area contributed by atoms with Crippen molar-refractivity contribution in [2.24, 2.45) is 0 Å². The van der Waals surface area contributed by atoms with Gasteiger partial charge in [-0.2, -0.15) is 0 Å². The molecule has 0 atom stereocenters. The summed E-state index contributed by atoms with van der Waals surface area (Å²) in [5, 5.41) is 3.39. The zero-order chi connectivity index (χ0) is 14.3. The fourth-order valence-electron chi connectivity index (χ4n) is 2.62. The quantitative estimate of drug-likeness (QED) is 0.888. The Hall–Kier alpha value is -1.26. The van der Waals surface area contributed by atoms with E-state index in [1.54, 1.807) is 0 Å². The van der Waals surface area contributed by atoms with Gasteiger partial charge in [-0.25, -0.2) is 0 Å². The number of ether oxygens (including phenoxy) is 1. The zero-order valence-electron chi connectivity index (χ0n) is 13.1. The van der Waals surface area contributed by atoms with Crippen molar-refractivity contribution >= 4 is 24.8 Å². The van der Waals surface area contributed by atoms with E-state index in [0.29, 0.717) is 6.61 Å². The summed E-state index contributed by atoms with van der Waals surface area (Å²) in [6, 6.07) is 18.7. The molecule has 1 fully saturated rings. The van der Waals surface area contributed by atoms with Crippen molar-refractivity contribution in [2.75, 3.05) is 26.2 Å². The van der Waals surface area contributed by atoms with Gasteiger partial charge in [0.1, 0.15) is 12.4 Å². The summed E-state index contributed by atoms with van der Waals surface area (Å²) in [6.45, 7) is 5.95. The number of hydrogen-bond acceptors (Lipinski definition) is 3. The SMILES string of the molecule is Cl.Cl.c1ccc(COc2ccccc2CN2CCNCC2)cc1. The van der Waals surface area contributed by atoms with E-state index >= 15 is 0 Å². The van der Waals surface area contributed by atoms with Crippen LogP contribution >= 0.6 is 24.8 Å². The van der Waals surface area contributed by atoms with E-state index in [-0.39, 0.29) is 24.8 Å². The van der Waals surface area contributed by atoms with Crippen molar-refractivity contribution in [1.29, 1.82) is 0 Å². The van der Waals surface area contributed by atoms with Crippen molar-refractivity contribution in [2.45, 2.75) is 13.2 Å². The third-order valence-electron chi connectivity index (χ3n) is 3.81. The van der Waals surface area contributed by atoms with Crippen LogP contribution in [0, 0.1) is 0 Å². The third kappa shape index (κ3) is 6.04. The molecule has 1 aliphatic heterocycles. The molecule has 2 aromatic rings. The smallest absolute Gasteiger partial charge is 0.124 e. The second-order valence-electron chi connectivity index (χ2n) is 5.41. The van der Waals surface area contributed by atoms with Gasteiger partial charge in [0.15, 0.2) is 0 Å². The zero-order valence-corrected chi connectivity index (χ0v) is 14.7. The minimum absolute atomic E-state index is 0. The monoisotopic (exact) mass is 354 g/mol. The molecule has 3 nitrogen and oxygen atoms in total. The van der Waals surface area contributed by atoms with Gasteiger partial charge in [-0.3, -0.25) is 4.90 Å². The van der Waals surface area contributed by atoms with E-state index in [2.05, 4.69) is 40.5 Å². The normalized spacial score (nSPS) is 14.4. The van der Waals surface area contributed by atoms with Crippen LogP contribution in [0.3, 0.4) is 0 Å². The summed E-state index contributed by atoms with van der Waals surface area (Å²) < 4.78 is 6.02. The Morgan fingerprint density at radius 2 is 1.52 bits per heavy atom. The number of rotatable bonds is 5. The van der Waals surface area contributed by atoms with Crippen LogP contribution in [0.1, 0.15) is 11.1 Å². The molecule has 0 radical (unpaired) electrons. The molecule has 1 N–H and O–H groups in total. The summed E-state index contributed by atoms with van der Waals surface area (Å²) in [4.78, 5) is 2.47. The van der Waals surface area contributed by atoms with Crippen LogP contribution < -0.4 is 10.1 Å². The molecule has 1 saturated heterocycles. The van der Waals surface area contributed by atoms with Crippen LogP contribution in [-0.2, 0) is 13.2 Å². The van der Waals surface area contributed by atoms with E-state index in [1.165, 1.54) is 11.1 Å². The second-order valence-corrected chi connectivity index (χ2v) is 5.41. The number of benzene rings is 2. The molecule has 23 heavy (non-hydrogen) atoms. The standard InChI is InChI=1S/C18H22N2O.2ClH/c1-2-6-16(7-3-1)15-21-18-9-5-4-8-17(18)14-20-12-10-19-11-13-20;;/h1-9,19H,10-15H2;2*1H. The van der Waals surface area contributed by atoms with Crippen LogP contribution in [-0.4, -0.2) is 31.1 Å². The Morgan fingerprint density at radius 3 is 2.26 bits per heavy atom. The fourth-order valence-corrected chi connectivity index (χ4v) is 2.62. The van der Waals surface area contributed by atoms with Gasteiger partial charge in [-0.1, -0.05) is 48.5 Å². The van der Waals surface area contributed by atoms with Gasteiger partial charge in [0.2, 0.25) is 0 Å². The molecule has 5 heteroatoms. The van der Waals surface area contributed by atoms with Gasteiger partial charge in [0.25, 0.3) is 0 Å². The number of piperazine rings is 1.